The number of primary amides is 1. The van der Waals surface area contributed by atoms with Crippen LogP contribution in [0.2, 0.25) is 0 Å². The molecule has 1 atom stereocenters. The number of ether oxygens (including phenoxy) is 2. The van der Waals surface area contributed by atoms with Crippen LogP contribution in [0.15, 0.2) is 30.3 Å². The Bertz CT molecular complexity index is 917. The maximum atomic E-state index is 12.5. The summed E-state index contributed by atoms with van der Waals surface area (Å²) in [7, 11) is 0. The van der Waals surface area contributed by atoms with Crippen LogP contribution in [-0.2, 0) is 4.74 Å². The van der Waals surface area contributed by atoms with Crippen molar-refractivity contribution in [2.45, 2.75) is 38.5 Å². The van der Waals surface area contributed by atoms with Crippen molar-refractivity contribution in [1.29, 1.82) is 0 Å². The number of hydrogen-bond acceptors (Lipinski definition) is 5. The quantitative estimate of drug-likeness (QED) is 0.486. The van der Waals surface area contributed by atoms with E-state index >= 15 is 0 Å². The molecule has 2 aromatic carbocycles. The number of esters is 1. The first-order valence-corrected chi connectivity index (χ1v) is 11.0. The number of rotatable bonds is 9. The van der Waals surface area contributed by atoms with Crippen LogP contribution in [0.25, 0.3) is 10.8 Å². The normalized spacial score (nSPS) is 18.9. The highest BCUT2D eigenvalue weighted by Crippen LogP contribution is 2.30. The Labute approximate surface area is 177 Å². The molecule has 6 heteroatoms. The molecule has 3 N–H and O–H groups in total. The van der Waals surface area contributed by atoms with Gasteiger partial charge in [-0.1, -0.05) is 6.07 Å². The van der Waals surface area contributed by atoms with Gasteiger partial charge in [0.15, 0.2) is 0 Å². The Morgan fingerprint density at radius 3 is 2.70 bits per heavy atom. The highest BCUT2D eigenvalue weighted by Gasteiger charge is 2.25. The van der Waals surface area contributed by atoms with Gasteiger partial charge in [-0.3, -0.25) is 4.79 Å². The van der Waals surface area contributed by atoms with E-state index in [1.54, 1.807) is 12.1 Å². The average Bonchev–Trinajstić information content (AvgIpc) is 3.59. The lowest BCUT2D eigenvalue weighted by Gasteiger charge is -2.22. The van der Waals surface area contributed by atoms with Gasteiger partial charge in [0.25, 0.3) is 0 Å². The van der Waals surface area contributed by atoms with E-state index in [1.165, 1.54) is 19.3 Å². The predicted molar refractivity (Wildman–Crippen MR) is 116 cm³/mol. The average molecular weight is 411 g/mol. The summed E-state index contributed by atoms with van der Waals surface area (Å²) in [5.74, 6) is 0.836. The Balaban J connectivity index is 1.42. The number of piperidine rings is 1. The minimum Gasteiger partial charge on any atom is -0.494 e. The number of benzene rings is 2. The highest BCUT2D eigenvalue weighted by molar-refractivity contribution is 6.14. The fraction of sp³-hybridized carbons (Fsp3) is 0.500. The van der Waals surface area contributed by atoms with Crippen LogP contribution < -0.4 is 15.8 Å². The van der Waals surface area contributed by atoms with Gasteiger partial charge in [0.2, 0.25) is 5.91 Å². The summed E-state index contributed by atoms with van der Waals surface area (Å²) in [4.78, 5) is 24.6. The Kier molecular flexibility index (Phi) is 6.53. The lowest BCUT2D eigenvalue weighted by molar-refractivity contribution is 0.0483. The van der Waals surface area contributed by atoms with Crippen LogP contribution in [0.3, 0.4) is 0 Å². The molecule has 0 aromatic heterocycles. The van der Waals surface area contributed by atoms with Gasteiger partial charge in [-0.05, 0) is 98.5 Å². The molecule has 160 valence electrons. The SMILES string of the molecule is NC(=O)c1c(C(=O)OCC2CC2)ccc2cc(OCCCC3CCCNC3)ccc12. The first-order chi connectivity index (χ1) is 14.6. The zero-order valence-electron chi connectivity index (χ0n) is 17.3. The van der Waals surface area contributed by atoms with E-state index in [-0.39, 0.29) is 11.1 Å². The Morgan fingerprint density at radius 1 is 1.10 bits per heavy atom. The van der Waals surface area contributed by atoms with E-state index in [0.717, 1.165) is 49.4 Å². The second-order valence-corrected chi connectivity index (χ2v) is 8.48. The second kappa shape index (κ2) is 9.47. The summed E-state index contributed by atoms with van der Waals surface area (Å²) in [5, 5.41) is 4.90. The number of amides is 1. The summed E-state index contributed by atoms with van der Waals surface area (Å²) in [6, 6.07) is 8.96. The van der Waals surface area contributed by atoms with Crippen molar-refractivity contribution in [2.75, 3.05) is 26.3 Å². The number of carbonyl (C=O) groups is 2. The Morgan fingerprint density at radius 2 is 1.97 bits per heavy atom. The zero-order chi connectivity index (χ0) is 20.9. The molecule has 1 aliphatic carbocycles. The van der Waals surface area contributed by atoms with Crippen molar-refractivity contribution < 1.29 is 19.1 Å². The van der Waals surface area contributed by atoms with E-state index in [4.69, 9.17) is 15.2 Å². The fourth-order valence-corrected chi connectivity index (χ4v) is 4.12. The summed E-state index contributed by atoms with van der Waals surface area (Å²) >= 11 is 0. The van der Waals surface area contributed by atoms with Gasteiger partial charge in [0.1, 0.15) is 5.75 Å². The number of nitrogens with one attached hydrogen (secondary N) is 1. The van der Waals surface area contributed by atoms with Gasteiger partial charge in [-0.15, -0.1) is 0 Å². The molecule has 1 saturated heterocycles. The zero-order valence-corrected chi connectivity index (χ0v) is 17.3. The third-order valence-corrected chi connectivity index (χ3v) is 6.03. The van der Waals surface area contributed by atoms with Gasteiger partial charge >= 0.3 is 5.97 Å². The van der Waals surface area contributed by atoms with Crippen LogP contribution in [0, 0.1) is 11.8 Å². The van der Waals surface area contributed by atoms with Crippen molar-refractivity contribution in [3.05, 3.63) is 41.5 Å². The minimum absolute atomic E-state index is 0.213. The van der Waals surface area contributed by atoms with Crippen molar-refractivity contribution in [3.8, 4) is 5.75 Å². The molecule has 0 bridgehead atoms. The third kappa shape index (κ3) is 5.11. The van der Waals surface area contributed by atoms with Crippen LogP contribution in [0.4, 0.5) is 0 Å². The van der Waals surface area contributed by atoms with Gasteiger partial charge in [-0.25, -0.2) is 4.79 Å². The molecular weight excluding hydrogens is 380 g/mol. The molecule has 30 heavy (non-hydrogen) atoms. The second-order valence-electron chi connectivity index (χ2n) is 8.48. The molecule has 2 fully saturated rings. The summed E-state index contributed by atoms with van der Waals surface area (Å²) in [5.41, 5.74) is 6.05. The van der Waals surface area contributed by atoms with E-state index < -0.39 is 11.9 Å². The van der Waals surface area contributed by atoms with Crippen molar-refractivity contribution >= 4 is 22.6 Å². The summed E-state index contributed by atoms with van der Waals surface area (Å²) in [6.45, 7) is 3.31. The van der Waals surface area contributed by atoms with Gasteiger partial charge in [0, 0.05) is 0 Å². The summed E-state index contributed by atoms with van der Waals surface area (Å²) < 4.78 is 11.3. The third-order valence-electron chi connectivity index (χ3n) is 6.03. The molecule has 1 amide bonds. The molecule has 1 saturated carbocycles. The molecular formula is C24H30N2O4. The molecule has 2 aliphatic rings. The Hall–Kier alpha value is -2.60. The van der Waals surface area contributed by atoms with E-state index in [0.29, 0.717) is 24.5 Å². The van der Waals surface area contributed by atoms with Crippen molar-refractivity contribution in [2.24, 2.45) is 17.6 Å². The molecule has 1 unspecified atom stereocenters. The number of carbonyl (C=O) groups excluding carboxylic acids is 2. The van der Waals surface area contributed by atoms with Crippen molar-refractivity contribution in [1.82, 2.24) is 5.32 Å². The maximum Gasteiger partial charge on any atom is 0.338 e. The fourth-order valence-electron chi connectivity index (χ4n) is 4.12. The largest absolute Gasteiger partial charge is 0.494 e. The van der Waals surface area contributed by atoms with Crippen LogP contribution in [0.1, 0.15) is 59.2 Å². The topological polar surface area (TPSA) is 90.7 Å². The van der Waals surface area contributed by atoms with Crippen molar-refractivity contribution in [3.63, 3.8) is 0 Å². The minimum atomic E-state index is -0.631. The maximum absolute atomic E-state index is 12.5. The molecule has 4 rings (SSSR count). The van der Waals surface area contributed by atoms with E-state index in [1.807, 2.05) is 18.2 Å². The molecule has 0 radical (unpaired) electrons. The number of fused-ring (bicyclic) bond motifs is 1. The van der Waals surface area contributed by atoms with Gasteiger partial charge in [0.05, 0.1) is 24.3 Å². The van der Waals surface area contributed by atoms with Crippen LogP contribution in [-0.4, -0.2) is 38.2 Å². The van der Waals surface area contributed by atoms with Crippen LogP contribution in [0.5, 0.6) is 5.75 Å². The predicted octanol–water partition coefficient (Wildman–Crippen LogP) is 3.66. The lowest BCUT2D eigenvalue weighted by atomic mass is 9.95. The lowest BCUT2D eigenvalue weighted by Crippen LogP contribution is -2.29. The van der Waals surface area contributed by atoms with E-state index in [9.17, 15) is 9.59 Å². The standard InChI is InChI=1S/C24H30N2O4/c25-23(27)22-20-10-8-19(29-12-2-4-16-3-1-11-26-14-16)13-18(20)7-9-21(22)24(28)30-15-17-5-6-17/h7-10,13,16-17,26H,1-6,11-12,14-15H2,(H2,25,27). The smallest absolute Gasteiger partial charge is 0.338 e. The van der Waals surface area contributed by atoms with Gasteiger partial charge in [-0.2, -0.15) is 0 Å². The highest BCUT2D eigenvalue weighted by atomic mass is 16.5. The number of nitrogens with two attached hydrogens (primary N) is 1. The summed E-state index contributed by atoms with van der Waals surface area (Å²) in [6.07, 6.45) is 6.92. The number of hydrogen-bond donors (Lipinski definition) is 2. The molecule has 6 nitrogen and oxygen atoms in total. The first kappa shape index (κ1) is 20.7. The molecule has 1 aliphatic heterocycles. The monoisotopic (exact) mass is 410 g/mol. The molecule has 0 spiro atoms. The van der Waals surface area contributed by atoms with Crippen LogP contribution >= 0.6 is 0 Å². The first-order valence-electron chi connectivity index (χ1n) is 11.0. The van der Waals surface area contributed by atoms with Gasteiger partial charge < -0.3 is 20.5 Å². The molecule has 1 heterocycles. The molecule has 2 aromatic rings. The van der Waals surface area contributed by atoms with E-state index in [2.05, 4.69) is 5.32 Å².